The smallest absolute Gasteiger partial charge is 0.324 e. The van der Waals surface area contributed by atoms with Gasteiger partial charge in [0.25, 0.3) is 5.95 Å². The number of carboxylic acids is 1. The summed E-state index contributed by atoms with van der Waals surface area (Å²) in [6.45, 7) is 1.62. The van der Waals surface area contributed by atoms with Gasteiger partial charge in [0.1, 0.15) is 0 Å². The molecule has 9 nitrogen and oxygen atoms in total. The van der Waals surface area contributed by atoms with Crippen molar-refractivity contribution in [1.29, 1.82) is 0 Å². The summed E-state index contributed by atoms with van der Waals surface area (Å²) in [5.74, 6) is -1.52. The number of aromatic nitrogens is 4. The van der Waals surface area contributed by atoms with Crippen LogP contribution in [-0.2, 0) is 11.8 Å². The monoisotopic (exact) mass is 242 g/mol. The largest absolute Gasteiger partial charge is 0.481 e. The molecule has 0 fully saturated rings. The van der Waals surface area contributed by atoms with E-state index in [-0.39, 0.29) is 12.5 Å². The zero-order chi connectivity index (χ0) is 13.0. The molecule has 0 saturated heterocycles. The van der Waals surface area contributed by atoms with Crippen LogP contribution in [0.15, 0.2) is 0 Å². The maximum atomic E-state index is 11.6. The number of rotatable bonds is 4. The van der Waals surface area contributed by atoms with E-state index in [0.717, 1.165) is 0 Å². The first-order chi connectivity index (χ1) is 7.90. The number of hydrogen-bond acceptors (Lipinski definition) is 5. The second-order valence-corrected chi connectivity index (χ2v) is 3.65. The lowest BCUT2D eigenvalue weighted by Gasteiger charge is -2.18. The van der Waals surface area contributed by atoms with E-state index in [1.54, 1.807) is 7.05 Å². The van der Waals surface area contributed by atoms with Crippen molar-refractivity contribution in [3.05, 3.63) is 0 Å². The molecule has 94 valence electrons. The number of anilines is 1. The third kappa shape index (κ3) is 3.70. The number of nitrogens with zero attached hydrogens (tertiary/aromatic N) is 5. The molecule has 0 aliphatic carbocycles. The second kappa shape index (κ2) is 5.23. The summed E-state index contributed by atoms with van der Waals surface area (Å²) < 4.78 is 0. The molecule has 0 aliphatic heterocycles. The quantitative estimate of drug-likeness (QED) is 0.728. The van der Waals surface area contributed by atoms with Crippen LogP contribution in [0.4, 0.5) is 10.7 Å². The van der Waals surface area contributed by atoms with Gasteiger partial charge in [-0.3, -0.25) is 10.1 Å². The maximum Gasteiger partial charge on any atom is 0.324 e. The summed E-state index contributed by atoms with van der Waals surface area (Å²) in [4.78, 5) is 24.7. The van der Waals surface area contributed by atoms with E-state index < -0.39 is 17.9 Å². The summed E-state index contributed by atoms with van der Waals surface area (Å²) in [6.07, 6.45) is 0. The average molecular weight is 242 g/mol. The molecule has 1 rings (SSSR count). The van der Waals surface area contributed by atoms with Crippen LogP contribution in [0.3, 0.4) is 0 Å². The minimum atomic E-state index is -0.956. The average Bonchev–Trinajstić information content (AvgIpc) is 2.63. The highest BCUT2D eigenvalue weighted by atomic mass is 16.4. The normalized spacial score (nSPS) is 11.9. The van der Waals surface area contributed by atoms with Crippen molar-refractivity contribution in [2.45, 2.75) is 6.92 Å². The SMILES string of the molecule is CC(CN(C)C(=O)Nc1nnn(C)n1)C(=O)O. The molecular weight excluding hydrogens is 228 g/mol. The Morgan fingerprint density at radius 3 is 2.71 bits per heavy atom. The molecule has 0 aliphatic rings. The van der Waals surface area contributed by atoms with Gasteiger partial charge in [-0.05, 0) is 5.21 Å². The molecule has 17 heavy (non-hydrogen) atoms. The molecule has 1 atom stereocenters. The van der Waals surface area contributed by atoms with Crippen LogP contribution in [0, 0.1) is 5.92 Å². The topological polar surface area (TPSA) is 113 Å². The minimum Gasteiger partial charge on any atom is -0.481 e. The first-order valence-corrected chi connectivity index (χ1v) is 4.89. The number of urea groups is 1. The number of hydrogen-bond donors (Lipinski definition) is 2. The van der Waals surface area contributed by atoms with Gasteiger partial charge < -0.3 is 10.0 Å². The van der Waals surface area contributed by atoms with Crippen LogP contribution in [0.5, 0.6) is 0 Å². The van der Waals surface area contributed by atoms with Gasteiger partial charge in [-0.25, -0.2) is 4.79 Å². The Bertz CT molecular complexity index is 417. The molecule has 0 bridgehead atoms. The number of nitrogens with one attached hydrogen (secondary N) is 1. The third-order valence-corrected chi connectivity index (χ3v) is 2.04. The van der Waals surface area contributed by atoms with Crippen molar-refractivity contribution in [2.75, 3.05) is 18.9 Å². The van der Waals surface area contributed by atoms with Gasteiger partial charge in [0.15, 0.2) is 0 Å². The highest BCUT2D eigenvalue weighted by molar-refractivity contribution is 5.87. The van der Waals surface area contributed by atoms with Crippen molar-refractivity contribution < 1.29 is 14.7 Å². The zero-order valence-electron chi connectivity index (χ0n) is 9.78. The van der Waals surface area contributed by atoms with Gasteiger partial charge in [-0.1, -0.05) is 12.0 Å². The van der Waals surface area contributed by atoms with Crippen LogP contribution in [0.25, 0.3) is 0 Å². The highest BCUT2D eigenvalue weighted by Gasteiger charge is 2.18. The molecule has 0 radical (unpaired) electrons. The number of carbonyl (C=O) groups is 2. The number of tetrazole rings is 1. The molecule has 2 N–H and O–H groups in total. The van der Waals surface area contributed by atoms with E-state index in [1.807, 2.05) is 0 Å². The van der Waals surface area contributed by atoms with Crippen molar-refractivity contribution in [3.63, 3.8) is 0 Å². The van der Waals surface area contributed by atoms with Crippen LogP contribution in [0.1, 0.15) is 6.92 Å². The first-order valence-electron chi connectivity index (χ1n) is 4.89. The van der Waals surface area contributed by atoms with Crippen molar-refractivity contribution in [3.8, 4) is 0 Å². The Morgan fingerprint density at radius 1 is 1.59 bits per heavy atom. The van der Waals surface area contributed by atoms with Crippen molar-refractivity contribution in [2.24, 2.45) is 13.0 Å². The zero-order valence-corrected chi connectivity index (χ0v) is 9.78. The van der Waals surface area contributed by atoms with Crippen molar-refractivity contribution in [1.82, 2.24) is 25.1 Å². The van der Waals surface area contributed by atoms with Gasteiger partial charge in [-0.2, -0.15) is 4.80 Å². The van der Waals surface area contributed by atoms with Crippen molar-refractivity contribution >= 4 is 17.9 Å². The van der Waals surface area contributed by atoms with Gasteiger partial charge in [-0.15, -0.1) is 5.10 Å². The molecule has 1 aromatic rings. The molecule has 1 aromatic heterocycles. The lowest BCUT2D eigenvalue weighted by molar-refractivity contribution is -0.141. The fraction of sp³-hybridized carbons (Fsp3) is 0.625. The van der Waals surface area contributed by atoms with Gasteiger partial charge in [0, 0.05) is 13.6 Å². The predicted octanol–water partition coefficient (Wildman–Crippen LogP) is -0.606. The Balaban J connectivity index is 2.50. The Kier molecular flexibility index (Phi) is 3.96. The Morgan fingerprint density at radius 2 is 2.24 bits per heavy atom. The molecule has 0 spiro atoms. The van der Waals surface area contributed by atoms with Crippen LogP contribution < -0.4 is 5.32 Å². The first kappa shape index (κ1) is 12.9. The predicted molar refractivity (Wildman–Crippen MR) is 57.2 cm³/mol. The maximum absolute atomic E-state index is 11.6. The van der Waals surface area contributed by atoms with Crippen LogP contribution >= 0.6 is 0 Å². The number of aryl methyl sites for hydroxylation is 1. The number of carbonyl (C=O) groups excluding carboxylic acids is 1. The van der Waals surface area contributed by atoms with Crippen LogP contribution in [-0.4, -0.2) is 55.8 Å². The van der Waals surface area contributed by atoms with E-state index in [0.29, 0.717) is 0 Å². The highest BCUT2D eigenvalue weighted by Crippen LogP contribution is 2.01. The number of aliphatic carboxylic acids is 1. The molecule has 1 heterocycles. The van der Waals surface area contributed by atoms with E-state index in [4.69, 9.17) is 5.11 Å². The summed E-state index contributed by atoms with van der Waals surface area (Å²) in [5, 5.41) is 22.0. The van der Waals surface area contributed by atoms with E-state index in [2.05, 4.69) is 20.7 Å². The number of amides is 2. The van der Waals surface area contributed by atoms with Gasteiger partial charge in [0.2, 0.25) is 0 Å². The molecule has 0 aromatic carbocycles. The Hall–Kier alpha value is -2.19. The van der Waals surface area contributed by atoms with Gasteiger partial charge in [0.05, 0.1) is 13.0 Å². The lowest BCUT2D eigenvalue weighted by Crippen LogP contribution is -2.36. The van der Waals surface area contributed by atoms with Gasteiger partial charge >= 0.3 is 12.0 Å². The summed E-state index contributed by atoms with van der Waals surface area (Å²) in [6, 6.07) is -0.480. The summed E-state index contributed by atoms with van der Waals surface area (Å²) in [5.41, 5.74) is 0. The molecule has 0 saturated carbocycles. The number of carboxylic acid groups (broad SMARTS) is 1. The van der Waals surface area contributed by atoms with E-state index >= 15 is 0 Å². The van der Waals surface area contributed by atoms with Crippen LogP contribution in [0.2, 0.25) is 0 Å². The third-order valence-electron chi connectivity index (χ3n) is 2.04. The summed E-state index contributed by atoms with van der Waals surface area (Å²) >= 11 is 0. The second-order valence-electron chi connectivity index (χ2n) is 3.65. The molecular formula is C8H14N6O3. The lowest BCUT2D eigenvalue weighted by atomic mass is 10.2. The van der Waals surface area contributed by atoms with E-state index in [1.165, 1.54) is 23.7 Å². The minimum absolute atomic E-state index is 0.0762. The van der Waals surface area contributed by atoms with E-state index in [9.17, 15) is 9.59 Å². The Labute approximate surface area is 97.4 Å². The molecule has 2 amide bonds. The fourth-order valence-corrected chi connectivity index (χ4v) is 1.10. The fourth-order valence-electron chi connectivity index (χ4n) is 1.10. The molecule has 1 unspecified atom stereocenters. The molecule has 9 heteroatoms. The standard InChI is InChI=1S/C8H14N6O3/c1-5(6(15)16)4-13(2)8(17)9-7-10-12-14(3)11-7/h5H,4H2,1-3H3,(H,15,16)(H,9,11,17). The summed E-state index contributed by atoms with van der Waals surface area (Å²) in [7, 11) is 3.06.